The molecule has 1 saturated heterocycles. The zero-order valence-corrected chi connectivity index (χ0v) is 21.9. The molecule has 3 aromatic rings. The van der Waals surface area contributed by atoms with Gasteiger partial charge in [-0.25, -0.2) is 4.79 Å². The van der Waals surface area contributed by atoms with Crippen molar-refractivity contribution < 1.29 is 23.5 Å². The number of methoxy groups -OCH3 is 1. The summed E-state index contributed by atoms with van der Waals surface area (Å²) >= 11 is 11.6. The van der Waals surface area contributed by atoms with E-state index in [0.717, 1.165) is 16.8 Å². The molecule has 0 unspecified atom stereocenters. The predicted octanol–water partition coefficient (Wildman–Crippen LogP) is 5.06. The van der Waals surface area contributed by atoms with E-state index in [-0.39, 0.29) is 5.11 Å². The van der Waals surface area contributed by atoms with Crippen LogP contribution in [-0.4, -0.2) is 50.4 Å². The number of rotatable bonds is 6. The molecule has 2 N–H and O–H groups in total. The topological polar surface area (TPSA) is 93.0 Å². The molecule has 2 aromatic carbocycles. The number of hydrogen-bond donors (Lipinski definition) is 2. The van der Waals surface area contributed by atoms with Crippen molar-refractivity contribution in [2.24, 2.45) is 0 Å². The Labute approximate surface area is 225 Å². The molecular weight excluding hydrogens is 514 g/mol. The summed E-state index contributed by atoms with van der Waals surface area (Å²) in [5.74, 6) is 0.229. The Morgan fingerprint density at radius 3 is 2.62 bits per heavy atom. The molecule has 0 radical (unpaired) electrons. The van der Waals surface area contributed by atoms with E-state index in [2.05, 4.69) is 15.5 Å². The molecule has 1 aliphatic rings. The Hall–Kier alpha value is -3.66. The summed E-state index contributed by atoms with van der Waals surface area (Å²) in [6.07, 6.45) is 2.88. The molecule has 2 heterocycles. The molecule has 37 heavy (non-hydrogen) atoms. The van der Waals surface area contributed by atoms with Crippen LogP contribution in [0.5, 0.6) is 0 Å². The van der Waals surface area contributed by atoms with E-state index in [4.69, 9.17) is 37.7 Å². The molecule has 1 aromatic heterocycles. The summed E-state index contributed by atoms with van der Waals surface area (Å²) in [7, 11) is 1.32. The highest BCUT2D eigenvalue weighted by Crippen LogP contribution is 2.29. The van der Waals surface area contributed by atoms with E-state index in [1.807, 2.05) is 37.3 Å². The molecule has 1 fully saturated rings. The van der Waals surface area contributed by atoms with E-state index >= 15 is 0 Å². The van der Waals surface area contributed by atoms with Gasteiger partial charge in [0.1, 0.15) is 11.5 Å². The van der Waals surface area contributed by atoms with E-state index in [0.29, 0.717) is 54.1 Å². The van der Waals surface area contributed by atoms with Gasteiger partial charge in [0.15, 0.2) is 5.11 Å². The minimum absolute atomic E-state index is 0.0839. The van der Waals surface area contributed by atoms with Crippen LogP contribution in [0.25, 0.3) is 17.4 Å². The molecule has 1 aliphatic heterocycles. The SMILES string of the molecule is COC(=O)c1ccc(N2CCOCC2)c(NC(=S)NC(=O)/C=C/c2ccc(-c3ccc(C)c(Cl)c3)o2)c1. The number of anilines is 2. The molecule has 10 heteroatoms. The molecule has 0 bridgehead atoms. The number of nitrogens with zero attached hydrogens (tertiary/aromatic N) is 1. The van der Waals surface area contributed by atoms with Gasteiger partial charge in [-0.1, -0.05) is 23.7 Å². The molecule has 0 spiro atoms. The van der Waals surface area contributed by atoms with E-state index in [1.165, 1.54) is 13.2 Å². The maximum absolute atomic E-state index is 12.5. The third-order valence-corrected chi connectivity index (χ3v) is 6.35. The van der Waals surface area contributed by atoms with Crippen LogP contribution in [0.3, 0.4) is 0 Å². The molecule has 192 valence electrons. The molecule has 4 rings (SSSR count). The molecule has 8 nitrogen and oxygen atoms in total. The smallest absolute Gasteiger partial charge is 0.337 e. The number of ether oxygens (including phenoxy) is 2. The van der Waals surface area contributed by atoms with Crippen molar-refractivity contribution >= 4 is 58.3 Å². The second kappa shape index (κ2) is 12.1. The summed E-state index contributed by atoms with van der Waals surface area (Å²) < 4.78 is 16.1. The van der Waals surface area contributed by atoms with Crippen LogP contribution in [0.1, 0.15) is 21.7 Å². The van der Waals surface area contributed by atoms with Gasteiger partial charge in [0, 0.05) is 29.8 Å². The van der Waals surface area contributed by atoms with Crippen LogP contribution in [0.4, 0.5) is 11.4 Å². The largest absolute Gasteiger partial charge is 0.465 e. The number of benzene rings is 2. The average Bonchev–Trinajstić information content (AvgIpc) is 3.38. The lowest BCUT2D eigenvalue weighted by Gasteiger charge is -2.31. The van der Waals surface area contributed by atoms with Crippen molar-refractivity contribution in [1.29, 1.82) is 0 Å². The van der Waals surface area contributed by atoms with Gasteiger partial charge >= 0.3 is 5.97 Å². The van der Waals surface area contributed by atoms with E-state index in [9.17, 15) is 9.59 Å². The minimum atomic E-state index is -0.472. The van der Waals surface area contributed by atoms with Crippen molar-refractivity contribution in [3.05, 3.63) is 76.5 Å². The number of hydrogen-bond acceptors (Lipinski definition) is 7. The van der Waals surface area contributed by atoms with Crippen LogP contribution in [0.15, 0.2) is 59.0 Å². The molecule has 0 aliphatic carbocycles. The maximum atomic E-state index is 12.5. The van der Waals surface area contributed by atoms with Crippen molar-refractivity contribution in [2.75, 3.05) is 43.6 Å². The Morgan fingerprint density at radius 2 is 1.89 bits per heavy atom. The van der Waals surface area contributed by atoms with Gasteiger partial charge in [0.2, 0.25) is 5.91 Å². The van der Waals surface area contributed by atoms with Gasteiger partial charge in [0.05, 0.1) is 37.3 Å². The first-order chi connectivity index (χ1) is 17.8. The fraction of sp³-hybridized carbons (Fsp3) is 0.222. The van der Waals surface area contributed by atoms with Gasteiger partial charge < -0.3 is 24.1 Å². The normalized spacial score (nSPS) is 13.4. The van der Waals surface area contributed by atoms with Crippen LogP contribution in [0, 0.1) is 6.92 Å². The first-order valence-corrected chi connectivity index (χ1v) is 12.3. The zero-order valence-electron chi connectivity index (χ0n) is 20.4. The van der Waals surface area contributed by atoms with Gasteiger partial charge in [-0.2, -0.15) is 0 Å². The van der Waals surface area contributed by atoms with E-state index in [1.54, 1.807) is 24.3 Å². The summed E-state index contributed by atoms with van der Waals surface area (Å²) in [5.41, 5.74) is 3.59. The highest BCUT2D eigenvalue weighted by Gasteiger charge is 2.18. The standard InChI is InChI=1S/C27H26ClN3O5S/c1-17-3-4-18(15-21(17)28)24-9-6-20(36-24)7-10-25(32)30-27(37)29-22-16-19(26(33)34-2)5-8-23(22)31-11-13-35-14-12-31/h3-10,15-16H,11-14H2,1-2H3,(H2,29,30,32,37)/b10-7+. The number of morpholine rings is 1. The molecule has 1 amide bonds. The fourth-order valence-corrected chi connectivity index (χ4v) is 4.16. The molecule has 0 atom stereocenters. The lowest BCUT2D eigenvalue weighted by atomic mass is 10.1. The minimum Gasteiger partial charge on any atom is -0.465 e. The predicted molar refractivity (Wildman–Crippen MR) is 148 cm³/mol. The Kier molecular flexibility index (Phi) is 8.60. The van der Waals surface area contributed by atoms with Crippen molar-refractivity contribution in [3.63, 3.8) is 0 Å². The quantitative estimate of drug-likeness (QED) is 0.255. The second-order valence-corrected chi connectivity index (χ2v) is 9.08. The van der Waals surface area contributed by atoms with Crippen molar-refractivity contribution in [3.8, 4) is 11.3 Å². The number of halogens is 1. The number of carbonyl (C=O) groups is 2. The summed E-state index contributed by atoms with van der Waals surface area (Å²) in [4.78, 5) is 26.7. The number of amides is 1. The number of thiocarbonyl (C=S) groups is 1. The van der Waals surface area contributed by atoms with Crippen molar-refractivity contribution in [2.45, 2.75) is 6.92 Å². The number of carbonyl (C=O) groups excluding carboxylic acids is 2. The summed E-state index contributed by atoms with van der Waals surface area (Å²) in [6, 6.07) is 14.4. The van der Waals surface area contributed by atoms with Crippen LogP contribution in [-0.2, 0) is 14.3 Å². The Morgan fingerprint density at radius 1 is 1.11 bits per heavy atom. The third-order valence-electron chi connectivity index (χ3n) is 5.74. The first kappa shape index (κ1) is 26.4. The first-order valence-electron chi connectivity index (χ1n) is 11.6. The number of nitrogens with one attached hydrogen (secondary N) is 2. The van der Waals surface area contributed by atoms with Gasteiger partial charge in [0.25, 0.3) is 0 Å². The van der Waals surface area contributed by atoms with Crippen LogP contribution >= 0.6 is 23.8 Å². The highest BCUT2D eigenvalue weighted by atomic mass is 35.5. The Balaban J connectivity index is 1.42. The molecule has 0 saturated carbocycles. The highest BCUT2D eigenvalue weighted by molar-refractivity contribution is 7.80. The average molecular weight is 540 g/mol. The van der Waals surface area contributed by atoms with Gasteiger partial charge in [-0.3, -0.25) is 10.1 Å². The number of aryl methyl sites for hydroxylation is 1. The number of furan rings is 1. The zero-order chi connectivity index (χ0) is 26.4. The van der Waals surface area contributed by atoms with Crippen LogP contribution in [0.2, 0.25) is 5.02 Å². The second-order valence-electron chi connectivity index (χ2n) is 8.27. The fourth-order valence-electron chi connectivity index (χ4n) is 3.77. The Bertz CT molecular complexity index is 1350. The van der Waals surface area contributed by atoms with E-state index < -0.39 is 11.9 Å². The lowest BCUT2D eigenvalue weighted by molar-refractivity contribution is -0.115. The molecular formula is C27H26ClN3O5S. The maximum Gasteiger partial charge on any atom is 0.337 e. The van der Waals surface area contributed by atoms with Gasteiger partial charge in [-0.05, 0) is 67.2 Å². The third kappa shape index (κ3) is 6.76. The number of esters is 1. The van der Waals surface area contributed by atoms with Crippen LogP contribution < -0.4 is 15.5 Å². The monoisotopic (exact) mass is 539 g/mol. The lowest BCUT2D eigenvalue weighted by Crippen LogP contribution is -2.38. The summed E-state index contributed by atoms with van der Waals surface area (Å²) in [5, 5.41) is 6.39. The van der Waals surface area contributed by atoms with Crippen molar-refractivity contribution in [1.82, 2.24) is 5.32 Å². The summed E-state index contributed by atoms with van der Waals surface area (Å²) in [6.45, 7) is 4.49. The van der Waals surface area contributed by atoms with Gasteiger partial charge in [-0.15, -0.1) is 0 Å².